The first-order valence-corrected chi connectivity index (χ1v) is 7.57. The van der Waals surface area contributed by atoms with Crippen LogP contribution in [0.15, 0.2) is 17.2 Å². The Morgan fingerprint density at radius 2 is 2.10 bits per heavy atom. The van der Waals surface area contributed by atoms with E-state index in [9.17, 15) is 13.2 Å². The van der Waals surface area contributed by atoms with Gasteiger partial charge in [-0.15, -0.1) is 0 Å². The standard InChI is InChI=1S/C13H16N2O4S/c1-5-20(17,18)10-6-9(13(2,3)8-14)7-15-11(10)12(16)19-4/h6-7H,5H2,1-4H3. The van der Waals surface area contributed by atoms with Gasteiger partial charge >= 0.3 is 5.97 Å². The summed E-state index contributed by atoms with van der Waals surface area (Å²) in [6, 6.07) is 3.39. The number of carbonyl (C=O) groups excluding carboxylic acids is 1. The Hall–Kier alpha value is -1.94. The van der Waals surface area contributed by atoms with E-state index < -0.39 is 21.2 Å². The largest absolute Gasteiger partial charge is 0.464 e. The molecule has 20 heavy (non-hydrogen) atoms. The van der Waals surface area contributed by atoms with Crippen LogP contribution < -0.4 is 0 Å². The summed E-state index contributed by atoms with van der Waals surface area (Å²) >= 11 is 0. The summed E-state index contributed by atoms with van der Waals surface area (Å²) in [5.74, 6) is -0.993. The fourth-order valence-corrected chi connectivity index (χ4v) is 2.54. The number of rotatable bonds is 4. The quantitative estimate of drug-likeness (QED) is 0.780. The van der Waals surface area contributed by atoms with Gasteiger partial charge in [-0.2, -0.15) is 5.26 Å². The number of sulfone groups is 1. The summed E-state index contributed by atoms with van der Waals surface area (Å²) in [5, 5.41) is 9.10. The highest BCUT2D eigenvalue weighted by Crippen LogP contribution is 2.26. The molecular weight excluding hydrogens is 280 g/mol. The van der Waals surface area contributed by atoms with Gasteiger partial charge in [0.2, 0.25) is 0 Å². The molecule has 0 saturated heterocycles. The number of esters is 1. The van der Waals surface area contributed by atoms with Gasteiger partial charge in [-0.3, -0.25) is 0 Å². The molecule has 0 aliphatic carbocycles. The average molecular weight is 296 g/mol. The number of ether oxygens (including phenoxy) is 1. The van der Waals surface area contributed by atoms with Gasteiger partial charge in [-0.1, -0.05) is 6.92 Å². The van der Waals surface area contributed by atoms with E-state index >= 15 is 0 Å². The van der Waals surface area contributed by atoms with Crippen molar-refractivity contribution in [1.82, 2.24) is 4.98 Å². The number of methoxy groups -OCH3 is 1. The summed E-state index contributed by atoms with van der Waals surface area (Å²) in [4.78, 5) is 15.3. The average Bonchev–Trinajstić information content (AvgIpc) is 2.45. The zero-order chi connectivity index (χ0) is 15.6. The molecule has 1 aromatic rings. The lowest BCUT2D eigenvalue weighted by Crippen LogP contribution is -2.19. The van der Waals surface area contributed by atoms with Crippen molar-refractivity contribution in [3.05, 3.63) is 23.5 Å². The second-order valence-corrected chi connectivity index (χ2v) is 6.95. The van der Waals surface area contributed by atoms with Gasteiger partial charge in [-0.25, -0.2) is 18.2 Å². The molecule has 0 aliphatic heterocycles. The Morgan fingerprint density at radius 3 is 2.55 bits per heavy atom. The molecular formula is C13H16N2O4S. The summed E-state index contributed by atoms with van der Waals surface area (Å²) in [6.45, 7) is 4.76. The summed E-state index contributed by atoms with van der Waals surface area (Å²) in [7, 11) is -2.50. The van der Waals surface area contributed by atoms with Crippen LogP contribution in [-0.4, -0.2) is 32.2 Å². The normalized spacial score (nSPS) is 11.8. The highest BCUT2D eigenvalue weighted by atomic mass is 32.2. The highest BCUT2D eigenvalue weighted by Gasteiger charge is 2.28. The Labute approximate surface area is 118 Å². The van der Waals surface area contributed by atoms with Gasteiger partial charge in [0.05, 0.1) is 24.3 Å². The van der Waals surface area contributed by atoms with Crippen molar-refractivity contribution in [3.63, 3.8) is 0 Å². The molecule has 0 radical (unpaired) electrons. The van der Waals surface area contributed by atoms with E-state index in [2.05, 4.69) is 15.8 Å². The molecule has 0 spiro atoms. The van der Waals surface area contributed by atoms with Crippen LogP contribution in [0.5, 0.6) is 0 Å². The predicted molar refractivity (Wildman–Crippen MR) is 71.9 cm³/mol. The van der Waals surface area contributed by atoms with Crippen molar-refractivity contribution in [1.29, 1.82) is 5.26 Å². The molecule has 108 valence electrons. The van der Waals surface area contributed by atoms with Crippen LogP contribution in [0.3, 0.4) is 0 Å². The minimum atomic E-state index is -3.65. The fraction of sp³-hybridized carbons (Fsp3) is 0.462. The molecule has 0 aromatic carbocycles. The second-order valence-electron chi connectivity index (χ2n) is 4.70. The third-order valence-electron chi connectivity index (χ3n) is 2.95. The molecule has 7 heteroatoms. The SMILES string of the molecule is CCS(=O)(=O)c1cc(C(C)(C)C#N)cnc1C(=O)OC. The Morgan fingerprint density at radius 1 is 1.50 bits per heavy atom. The predicted octanol–water partition coefficient (Wildman–Crippen LogP) is 1.46. The maximum absolute atomic E-state index is 12.1. The van der Waals surface area contributed by atoms with Crippen LogP contribution in [0, 0.1) is 11.3 Å². The van der Waals surface area contributed by atoms with Gasteiger partial charge < -0.3 is 4.74 Å². The molecule has 1 heterocycles. The molecule has 6 nitrogen and oxygen atoms in total. The lowest BCUT2D eigenvalue weighted by atomic mass is 9.87. The van der Waals surface area contributed by atoms with Crippen molar-refractivity contribution in [2.75, 3.05) is 12.9 Å². The van der Waals surface area contributed by atoms with E-state index in [0.29, 0.717) is 5.56 Å². The molecule has 1 rings (SSSR count). The third kappa shape index (κ3) is 2.96. The summed E-state index contributed by atoms with van der Waals surface area (Å²) in [5.41, 5.74) is -0.730. The second kappa shape index (κ2) is 5.59. The smallest absolute Gasteiger partial charge is 0.358 e. The molecule has 0 aliphatic rings. The number of hydrogen-bond acceptors (Lipinski definition) is 6. The van der Waals surface area contributed by atoms with Gasteiger partial charge in [0.15, 0.2) is 15.5 Å². The van der Waals surface area contributed by atoms with Crippen molar-refractivity contribution in [2.45, 2.75) is 31.1 Å². The van der Waals surface area contributed by atoms with E-state index in [-0.39, 0.29) is 16.3 Å². The van der Waals surface area contributed by atoms with E-state index in [1.54, 1.807) is 13.8 Å². The van der Waals surface area contributed by atoms with Gasteiger partial charge in [-0.05, 0) is 25.5 Å². The topological polar surface area (TPSA) is 97.1 Å². The number of aromatic nitrogens is 1. The van der Waals surface area contributed by atoms with E-state index in [1.807, 2.05) is 0 Å². The van der Waals surface area contributed by atoms with E-state index in [4.69, 9.17) is 5.26 Å². The van der Waals surface area contributed by atoms with Crippen LogP contribution in [0.2, 0.25) is 0 Å². The Balaban J connectivity index is 3.62. The minimum absolute atomic E-state index is 0.172. The molecule has 0 fully saturated rings. The molecule has 0 N–H and O–H groups in total. The van der Waals surface area contributed by atoms with Gasteiger partial charge in [0, 0.05) is 6.20 Å². The first-order valence-electron chi connectivity index (χ1n) is 5.92. The molecule has 0 amide bonds. The van der Waals surface area contributed by atoms with E-state index in [1.165, 1.54) is 19.2 Å². The molecule has 0 atom stereocenters. The van der Waals surface area contributed by atoms with Crippen molar-refractivity contribution in [3.8, 4) is 6.07 Å². The number of carbonyl (C=O) groups is 1. The van der Waals surface area contributed by atoms with E-state index in [0.717, 1.165) is 7.11 Å². The van der Waals surface area contributed by atoms with Crippen molar-refractivity contribution in [2.24, 2.45) is 0 Å². The fourth-order valence-electron chi connectivity index (χ4n) is 1.49. The lowest BCUT2D eigenvalue weighted by molar-refractivity contribution is 0.0589. The third-order valence-corrected chi connectivity index (χ3v) is 4.69. The van der Waals surface area contributed by atoms with Crippen LogP contribution in [0.1, 0.15) is 36.8 Å². The van der Waals surface area contributed by atoms with Crippen molar-refractivity contribution >= 4 is 15.8 Å². The monoisotopic (exact) mass is 296 g/mol. The number of hydrogen-bond donors (Lipinski definition) is 0. The van der Waals surface area contributed by atoms with Crippen LogP contribution in [0.25, 0.3) is 0 Å². The summed E-state index contributed by atoms with van der Waals surface area (Å²) in [6.07, 6.45) is 1.32. The number of nitriles is 1. The van der Waals surface area contributed by atoms with Crippen LogP contribution in [-0.2, 0) is 20.0 Å². The molecule has 0 unspecified atom stereocenters. The molecule has 0 bridgehead atoms. The Bertz CT molecular complexity index is 672. The maximum atomic E-state index is 12.1. The zero-order valence-corrected chi connectivity index (χ0v) is 12.6. The van der Waals surface area contributed by atoms with Gasteiger partial charge in [0.1, 0.15) is 4.90 Å². The molecule has 0 saturated carbocycles. The van der Waals surface area contributed by atoms with Crippen LogP contribution >= 0.6 is 0 Å². The summed E-state index contributed by atoms with van der Waals surface area (Å²) < 4.78 is 28.7. The number of pyridine rings is 1. The first kappa shape index (κ1) is 16.1. The highest BCUT2D eigenvalue weighted by molar-refractivity contribution is 7.91. The van der Waals surface area contributed by atoms with Gasteiger partial charge in [0.25, 0.3) is 0 Å². The minimum Gasteiger partial charge on any atom is -0.464 e. The maximum Gasteiger partial charge on any atom is 0.358 e. The number of nitrogens with zero attached hydrogens (tertiary/aromatic N) is 2. The van der Waals surface area contributed by atoms with Crippen molar-refractivity contribution < 1.29 is 17.9 Å². The Kier molecular flexibility index (Phi) is 4.50. The lowest BCUT2D eigenvalue weighted by Gasteiger charge is -2.17. The van der Waals surface area contributed by atoms with Crippen LogP contribution in [0.4, 0.5) is 0 Å². The molecule has 1 aromatic heterocycles. The zero-order valence-electron chi connectivity index (χ0n) is 11.8. The first-order chi connectivity index (χ1) is 9.19.